The Bertz CT molecular complexity index is 789. The van der Waals surface area contributed by atoms with Gasteiger partial charge in [0.2, 0.25) is 0 Å². The fraction of sp³-hybridized carbons (Fsp3) is 0.118. The second-order valence-electron chi connectivity index (χ2n) is 5.01. The van der Waals surface area contributed by atoms with Crippen molar-refractivity contribution in [1.82, 2.24) is 14.9 Å². The average Bonchev–Trinajstić information content (AvgIpc) is 3.15. The Kier molecular flexibility index (Phi) is 4.88. The van der Waals surface area contributed by atoms with Crippen LogP contribution in [0.4, 0.5) is 5.69 Å². The Morgan fingerprint density at radius 3 is 2.13 bits per heavy atom. The summed E-state index contributed by atoms with van der Waals surface area (Å²) < 4.78 is 2.84. The van der Waals surface area contributed by atoms with E-state index in [0.29, 0.717) is 12.1 Å². The number of rotatable bonds is 5. The highest BCUT2D eigenvalue weighted by molar-refractivity contribution is 14.1. The second-order valence-corrected chi connectivity index (χ2v) is 5.77. The Hall–Kier alpha value is -2.40. The molecule has 0 atom stereocenters. The lowest BCUT2D eigenvalue weighted by Crippen LogP contribution is -2.27. The molecular weight excluding hydrogens is 401 g/mol. The molecule has 0 saturated heterocycles. The topological polar surface area (TPSA) is 57.7 Å². The summed E-state index contributed by atoms with van der Waals surface area (Å²) in [5, 5.41) is 18.8. The van der Waals surface area contributed by atoms with Crippen LogP contribution in [0.3, 0.4) is 0 Å². The van der Waals surface area contributed by atoms with Crippen molar-refractivity contribution in [3.63, 3.8) is 0 Å². The first kappa shape index (κ1) is 15.5. The number of aromatic nitrogens is 3. The van der Waals surface area contributed by atoms with Crippen LogP contribution < -0.4 is 5.01 Å². The summed E-state index contributed by atoms with van der Waals surface area (Å²) in [4.78, 5) is 0. The third-order valence-electron chi connectivity index (χ3n) is 3.49. The Morgan fingerprint density at radius 1 is 0.957 bits per heavy atom. The molecule has 3 rings (SSSR count). The van der Waals surface area contributed by atoms with Gasteiger partial charge in [0.05, 0.1) is 23.9 Å². The van der Waals surface area contributed by atoms with E-state index in [4.69, 9.17) is 5.26 Å². The highest BCUT2D eigenvalue weighted by Gasteiger charge is 2.10. The van der Waals surface area contributed by atoms with Gasteiger partial charge in [0.15, 0.2) is 0 Å². The maximum atomic E-state index is 8.95. The molecule has 0 radical (unpaired) electrons. The van der Waals surface area contributed by atoms with Crippen LogP contribution >= 0.6 is 22.6 Å². The number of benzene rings is 2. The molecule has 6 heteroatoms. The van der Waals surface area contributed by atoms with Gasteiger partial charge in [0.25, 0.3) is 0 Å². The zero-order valence-corrected chi connectivity index (χ0v) is 14.5. The third kappa shape index (κ3) is 3.68. The van der Waals surface area contributed by atoms with E-state index in [1.807, 2.05) is 28.9 Å². The van der Waals surface area contributed by atoms with Gasteiger partial charge in [-0.3, -0.25) is 5.01 Å². The molecule has 1 aromatic heterocycles. The lowest BCUT2D eigenvalue weighted by atomic mass is 10.1. The molecule has 0 spiro atoms. The van der Waals surface area contributed by atoms with Gasteiger partial charge in [-0.1, -0.05) is 46.9 Å². The Morgan fingerprint density at radius 2 is 1.57 bits per heavy atom. The number of nitriles is 1. The molecule has 0 fully saturated rings. The highest BCUT2D eigenvalue weighted by atomic mass is 127. The molecular formula is C17H14IN5. The van der Waals surface area contributed by atoms with Crippen molar-refractivity contribution in [1.29, 1.82) is 5.26 Å². The predicted molar refractivity (Wildman–Crippen MR) is 96.9 cm³/mol. The average molecular weight is 415 g/mol. The highest BCUT2D eigenvalue weighted by Crippen LogP contribution is 2.19. The van der Waals surface area contributed by atoms with Gasteiger partial charge in [-0.2, -0.15) is 5.26 Å². The molecule has 114 valence electrons. The molecule has 5 nitrogen and oxygen atoms in total. The van der Waals surface area contributed by atoms with Crippen LogP contribution in [0.2, 0.25) is 0 Å². The lowest BCUT2D eigenvalue weighted by Gasteiger charge is -2.25. The van der Waals surface area contributed by atoms with Crippen LogP contribution in [0.25, 0.3) is 0 Å². The van der Waals surface area contributed by atoms with E-state index in [1.54, 1.807) is 12.7 Å². The zero-order chi connectivity index (χ0) is 16.1. The normalized spacial score (nSPS) is 10.3. The van der Waals surface area contributed by atoms with Gasteiger partial charge in [0.1, 0.15) is 12.7 Å². The molecule has 0 aliphatic carbocycles. The molecule has 2 aromatic carbocycles. The summed E-state index contributed by atoms with van der Waals surface area (Å²) >= 11 is 2.36. The minimum absolute atomic E-state index is 0.642. The molecule has 0 aliphatic rings. The van der Waals surface area contributed by atoms with Crippen molar-refractivity contribution in [2.45, 2.75) is 11.0 Å². The molecule has 0 N–H and O–H groups in total. The summed E-state index contributed by atoms with van der Waals surface area (Å²) in [5.74, 6) is 0. The standard InChI is InChI=1S/C17H14IN5/c18-9-14-1-3-16(4-2-14)11-23(22-12-20-21-13-22)17-7-5-15(10-19)6-8-17/h1-8,12-13H,9,11H2. The lowest BCUT2D eigenvalue weighted by molar-refractivity contribution is 0.685. The van der Waals surface area contributed by atoms with E-state index in [1.165, 1.54) is 11.1 Å². The summed E-state index contributed by atoms with van der Waals surface area (Å²) in [6, 6.07) is 18.2. The molecule has 0 saturated carbocycles. The third-order valence-corrected chi connectivity index (χ3v) is 4.37. The van der Waals surface area contributed by atoms with Gasteiger partial charge in [-0.15, -0.1) is 10.2 Å². The van der Waals surface area contributed by atoms with E-state index in [2.05, 4.69) is 68.1 Å². The van der Waals surface area contributed by atoms with E-state index in [9.17, 15) is 0 Å². The maximum Gasteiger partial charge on any atom is 0.139 e. The number of halogens is 1. The van der Waals surface area contributed by atoms with Crippen molar-refractivity contribution < 1.29 is 0 Å². The van der Waals surface area contributed by atoms with Crippen LogP contribution in [0, 0.1) is 11.3 Å². The first-order chi connectivity index (χ1) is 11.3. The predicted octanol–water partition coefficient (Wildman–Crippen LogP) is 3.55. The molecule has 0 unspecified atom stereocenters. The zero-order valence-electron chi connectivity index (χ0n) is 12.3. The summed E-state index contributed by atoms with van der Waals surface area (Å²) in [5.41, 5.74) is 4.12. The Balaban J connectivity index is 1.90. The first-order valence-electron chi connectivity index (χ1n) is 7.06. The minimum Gasteiger partial charge on any atom is -0.274 e. The second kappa shape index (κ2) is 7.24. The van der Waals surface area contributed by atoms with Gasteiger partial charge < -0.3 is 0 Å². The number of hydrogen-bond acceptors (Lipinski definition) is 4. The summed E-state index contributed by atoms with van der Waals surface area (Å²) in [6.45, 7) is 0.686. The van der Waals surface area contributed by atoms with Crippen molar-refractivity contribution >= 4 is 28.3 Å². The molecule has 0 bridgehead atoms. The Labute approximate surface area is 148 Å². The molecule has 1 heterocycles. The molecule has 0 amide bonds. The molecule has 0 aliphatic heterocycles. The van der Waals surface area contributed by atoms with Crippen molar-refractivity contribution in [2.75, 3.05) is 5.01 Å². The maximum absolute atomic E-state index is 8.95. The van der Waals surface area contributed by atoms with Crippen molar-refractivity contribution in [2.24, 2.45) is 0 Å². The number of anilines is 1. The van der Waals surface area contributed by atoms with Gasteiger partial charge in [-0.25, -0.2) is 4.68 Å². The fourth-order valence-corrected chi connectivity index (χ4v) is 2.75. The van der Waals surface area contributed by atoms with Crippen LogP contribution in [-0.4, -0.2) is 14.9 Å². The number of nitrogens with zero attached hydrogens (tertiary/aromatic N) is 5. The number of hydrogen-bond donors (Lipinski definition) is 0. The van der Waals surface area contributed by atoms with Crippen LogP contribution in [0.15, 0.2) is 61.2 Å². The number of alkyl halides is 1. The monoisotopic (exact) mass is 415 g/mol. The van der Waals surface area contributed by atoms with Crippen molar-refractivity contribution in [3.8, 4) is 6.07 Å². The van der Waals surface area contributed by atoms with E-state index in [0.717, 1.165) is 10.1 Å². The van der Waals surface area contributed by atoms with Crippen LogP contribution in [0.5, 0.6) is 0 Å². The van der Waals surface area contributed by atoms with Crippen molar-refractivity contribution in [3.05, 3.63) is 77.9 Å². The van der Waals surface area contributed by atoms with Gasteiger partial charge in [0, 0.05) is 4.43 Å². The molecule has 3 aromatic rings. The minimum atomic E-state index is 0.642. The quantitative estimate of drug-likeness (QED) is 0.473. The van der Waals surface area contributed by atoms with E-state index < -0.39 is 0 Å². The summed E-state index contributed by atoms with van der Waals surface area (Å²) in [6.07, 6.45) is 3.33. The largest absolute Gasteiger partial charge is 0.274 e. The first-order valence-corrected chi connectivity index (χ1v) is 8.59. The van der Waals surface area contributed by atoms with E-state index >= 15 is 0 Å². The van der Waals surface area contributed by atoms with E-state index in [-0.39, 0.29) is 0 Å². The summed E-state index contributed by atoms with van der Waals surface area (Å²) in [7, 11) is 0. The molecule has 23 heavy (non-hydrogen) atoms. The van der Waals surface area contributed by atoms with Gasteiger partial charge in [-0.05, 0) is 35.4 Å². The fourth-order valence-electron chi connectivity index (χ4n) is 2.24. The van der Waals surface area contributed by atoms with Crippen LogP contribution in [0.1, 0.15) is 16.7 Å². The van der Waals surface area contributed by atoms with Gasteiger partial charge >= 0.3 is 0 Å². The smallest absolute Gasteiger partial charge is 0.139 e. The SMILES string of the molecule is N#Cc1ccc(N(Cc2ccc(CI)cc2)n2cnnc2)cc1. The van der Waals surface area contributed by atoms with Crippen LogP contribution in [-0.2, 0) is 11.0 Å².